The lowest BCUT2D eigenvalue weighted by Gasteiger charge is -2.55. The molecule has 1 aromatic rings. The van der Waals surface area contributed by atoms with E-state index in [1.807, 2.05) is 6.07 Å². The Labute approximate surface area is 122 Å². The first-order chi connectivity index (χ1) is 9.62. The fraction of sp³-hybridized carbons (Fsp3) is 0.667. The van der Waals surface area contributed by atoms with E-state index in [9.17, 15) is 5.11 Å². The van der Waals surface area contributed by atoms with Crippen LogP contribution in [0.3, 0.4) is 0 Å². The maximum absolute atomic E-state index is 10.2. The van der Waals surface area contributed by atoms with E-state index in [1.54, 1.807) is 0 Å². The largest absolute Gasteiger partial charge is 0.490 e. The van der Waals surface area contributed by atoms with Gasteiger partial charge in [-0.3, -0.25) is 0 Å². The molecule has 0 amide bonds. The molecule has 2 aliphatic rings. The number of ether oxygens (including phenoxy) is 1. The Morgan fingerprint density at radius 1 is 1.20 bits per heavy atom. The van der Waals surface area contributed by atoms with Crippen molar-refractivity contribution in [1.82, 2.24) is 0 Å². The summed E-state index contributed by atoms with van der Waals surface area (Å²) in [5.41, 5.74) is 1.37. The monoisotopic (exact) mass is 274 g/mol. The number of rotatable bonds is 3. The molecule has 0 aliphatic heterocycles. The molecule has 2 atom stereocenters. The summed E-state index contributed by atoms with van der Waals surface area (Å²) in [4.78, 5) is 0. The van der Waals surface area contributed by atoms with Crippen LogP contribution in [0.25, 0.3) is 0 Å². The number of aliphatic hydroxyl groups is 1. The molecule has 3 rings (SSSR count). The Bertz CT molecular complexity index is 460. The van der Waals surface area contributed by atoms with Crippen LogP contribution in [0.1, 0.15) is 63.9 Å². The van der Waals surface area contributed by atoms with Crippen LogP contribution in [-0.2, 0) is 0 Å². The molecule has 0 aromatic heterocycles. The molecule has 20 heavy (non-hydrogen) atoms. The fourth-order valence-corrected chi connectivity index (χ4v) is 3.87. The summed E-state index contributed by atoms with van der Waals surface area (Å²) in [6.45, 7) is 4.41. The van der Waals surface area contributed by atoms with Crippen molar-refractivity contribution in [2.75, 3.05) is 0 Å². The molecule has 1 spiro atoms. The minimum atomic E-state index is -0.152. The number of benzene rings is 1. The van der Waals surface area contributed by atoms with Crippen LogP contribution in [0.15, 0.2) is 24.3 Å². The second kappa shape index (κ2) is 5.40. The second-order valence-corrected chi connectivity index (χ2v) is 6.88. The molecule has 2 unspecified atom stereocenters. The summed E-state index contributed by atoms with van der Waals surface area (Å²) >= 11 is 0. The van der Waals surface area contributed by atoms with E-state index in [-0.39, 0.29) is 17.6 Å². The first-order valence-corrected chi connectivity index (χ1v) is 8.06. The summed E-state index contributed by atoms with van der Waals surface area (Å²) in [6, 6.07) is 8.44. The van der Waals surface area contributed by atoms with Gasteiger partial charge in [-0.1, -0.05) is 45.2 Å². The van der Waals surface area contributed by atoms with Gasteiger partial charge in [0, 0.05) is 11.8 Å². The van der Waals surface area contributed by atoms with Crippen molar-refractivity contribution in [2.45, 2.75) is 70.5 Å². The minimum absolute atomic E-state index is 0.0477. The molecular formula is C18H26O2. The molecule has 1 N–H and O–H groups in total. The van der Waals surface area contributed by atoms with Gasteiger partial charge in [0.15, 0.2) is 0 Å². The van der Waals surface area contributed by atoms with E-state index in [1.165, 1.54) is 24.8 Å². The highest BCUT2D eigenvalue weighted by Crippen LogP contribution is 2.53. The maximum Gasteiger partial charge on any atom is 0.120 e. The average molecular weight is 274 g/mol. The van der Waals surface area contributed by atoms with Crippen LogP contribution in [0.4, 0.5) is 0 Å². The van der Waals surface area contributed by atoms with Crippen LogP contribution < -0.4 is 4.74 Å². The summed E-state index contributed by atoms with van der Waals surface area (Å²) in [6.07, 6.45) is 6.90. The predicted molar refractivity (Wildman–Crippen MR) is 81.1 cm³/mol. The van der Waals surface area contributed by atoms with E-state index >= 15 is 0 Å². The summed E-state index contributed by atoms with van der Waals surface area (Å²) in [5, 5.41) is 10.2. The van der Waals surface area contributed by atoms with E-state index in [2.05, 4.69) is 32.0 Å². The maximum atomic E-state index is 10.2. The average Bonchev–Trinajstić information content (AvgIpc) is 2.48. The number of hydrogen-bond acceptors (Lipinski definition) is 2. The van der Waals surface area contributed by atoms with Crippen LogP contribution in [0, 0.1) is 5.41 Å². The first-order valence-electron chi connectivity index (χ1n) is 8.06. The molecule has 0 bridgehead atoms. The van der Waals surface area contributed by atoms with Gasteiger partial charge in [0.25, 0.3) is 0 Å². The van der Waals surface area contributed by atoms with E-state index in [0.29, 0.717) is 5.92 Å². The van der Waals surface area contributed by atoms with Gasteiger partial charge in [0.2, 0.25) is 0 Å². The Kier molecular flexibility index (Phi) is 3.76. The normalized spacial score (nSPS) is 28.4. The van der Waals surface area contributed by atoms with Crippen molar-refractivity contribution < 1.29 is 9.84 Å². The van der Waals surface area contributed by atoms with Gasteiger partial charge in [0.1, 0.15) is 11.9 Å². The van der Waals surface area contributed by atoms with Crippen molar-refractivity contribution in [3.05, 3.63) is 29.8 Å². The van der Waals surface area contributed by atoms with Crippen LogP contribution in [-0.4, -0.2) is 17.3 Å². The van der Waals surface area contributed by atoms with Gasteiger partial charge in [-0.05, 0) is 36.5 Å². The zero-order chi connectivity index (χ0) is 14.2. The van der Waals surface area contributed by atoms with Gasteiger partial charge in [-0.2, -0.15) is 0 Å². The van der Waals surface area contributed by atoms with Gasteiger partial charge in [-0.25, -0.2) is 0 Å². The molecule has 0 radical (unpaired) electrons. The summed E-state index contributed by atoms with van der Waals surface area (Å²) < 4.78 is 6.24. The predicted octanol–water partition coefficient (Wildman–Crippen LogP) is 4.27. The lowest BCUT2D eigenvalue weighted by Crippen LogP contribution is -2.60. The number of aliphatic hydroxyl groups excluding tert-OH is 1. The van der Waals surface area contributed by atoms with Crippen molar-refractivity contribution in [1.29, 1.82) is 0 Å². The fourth-order valence-electron chi connectivity index (χ4n) is 3.87. The molecule has 2 saturated carbocycles. The number of hydrogen-bond donors (Lipinski definition) is 1. The Hall–Kier alpha value is -1.02. The van der Waals surface area contributed by atoms with E-state index in [0.717, 1.165) is 25.0 Å². The van der Waals surface area contributed by atoms with Crippen molar-refractivity contribution in [2.24, 2.45) is 5.41 Å². The molecule has 2 aliphatic carbocycles. The first kappa shape index (κ1) is 13.9. The highest BCUT2D eigenvalue weighted by atomic mass is 16.5. The molecule has 2 nitrogen and oxygen atoms in total. The van der Waals surface area contributed by atoms with E-state index < -0.39 is 0 Å². The molecule has 2 fully saturated rings. The van der Waals surface area contributed by atoms with E-state index in [4.69, 9.17) is 4.74 Å². The van der Waals surface area contributed by atoms with Gasteiger partial charge in [-0.15, -0.1) is 0 Å². The van der Waals surface area contributed by atoms with Gasteiger partial charge >= 0.3 is 0 Å². The highest BCUT2D eigenvalue weighted by molar-refractivity contribution is 5.31. The van der Waals surface area contributed by atoms with Crippen LogP contribution in [0.5, 0.6) is 5.75 Å². The lowest BCUT2D eigenvalue weighted by molar-refractivity contribution is -0.172. The highest BCUT2D eigenvalue weighted by Gasteiger charge is 2.56. The topological polar surface area (TPSA) is 29.5 Å². The SMILES string of the molecule is CC(C)c1cccc(OC2CC(O)C23CCCCC3)c1. The smallest absolute Gasteiger partial charge is 0.120 e. The van der Waals surface area contributed by atoms with Crippen LogP contribution in [0.2, 0.25) is 0 Å². The zero-order valence-electron chi connectivity index (χ0n) is 12.6. The molecule has 0 saturated heterocycles. The van der Waals surface area contributed by atoms with Crippen molar-refractivity contribution >= 4 is 0 Å². The van der Waals surface area contributed by atoms with Gasteiger partial charge < -0.3 is 9.84 Å². The third-order valence-corrected chi connectivity index (χ3v) is 5.33. The second-order valence-electron chi connectivity index (χ2n) is 6.88. The van der Waals surface area contributed by atoms with Crippen molar-refractivity contribution in [3.63, 3.8) is 0 Å². The third kappa shape index (κ3) is 2.35. The molecule has 0 heterocycles. The quantitative estimate of drug-likeness (QED) is 0.891. The van der Waals surface area contributed by atoms with Gasteiger partial charge in [0.05, 0.1) is 6.10 Å². The Morgan fingerprint density at radius 2 is 1.95 bits per heavy atom. The summed E-state index contributed by atoms with van der Waals surface area (Å²) in [7, 11) is 0. The molecule has 1 aromatic carbocycles. The lowest BCUT2D eigenvalue weighted by atomic mass is 9.56. The molecular weight excluding hydrogens is 248 g/mol. The molecule has 2 heteroatoms. The van der Waals surface area contributed by atoms with Crippen molar-refractivity contribution in [3.8, 4) is 5.75 Å². The Balaban J connectivity index is 1.73. The Morgan fingerprint density at radius 3 is 2.60 bits per heavy atom. The van der Waals surface area contributed by atoms with Crippen LogP contribution >= 0.6 is 0 Å². The zero-order valence-corrected chi connectivity index (χ0v) is 12.6. The standard InChI is InChI=1S/C18H26O2/c1-13(2)14-7-6-8-15(11-14)20-17-12-16(19)18(17)9-4-3-5-10-18/h6-8,11,13,16-17,19H,3-5,9-10,12H2,1-2H3. The minimum Gasteiger partial charge on any atom is -0.490 e. The third-order valence-electron chi connectivity index (χ3n) is 5.33. The summed E-state index contributed by atoms with van der Waals surface area (Å²) in [5.74, 6) is 1.49. The molecule has 110 valence electrons.